The van der Waals surface area contributed by atoms with E-state index < -0.39 is 0 Å². The van der Waals surface area contributed by atoms with Crippen molar-refractivity contribution in [3.63, 3.8) is 0 Å². The van der Waals surface area contributed by atoms with E-state index in [2.05, 4.69) is 15.4 Å². The summed E-state index contributed by atoms with van der Waals surface area (Å²) in [5.41, 5.74) is 1.03. The zero-order valence-corrected chi connectivity index (χ0v) is 14.6. The van der Waals surface area contributed by atoms with Gasteiger partial charge in [0.1, 0.15) is 5.92 Å². The first-order valence-corrected chi connectivity index (χ1v) is 9.15. The van der Waals surface area contributed by atoms with E-state index in [4.69, 9.17) is 9.47 Å². The van der Waals surface area contributed by atoms with Crippen LogP contribution in [0.3, 0.4) is 0 Å². The number of anilines is 1. The van der Waals surface area contributed by atoms with Crippen molar-refractivity contribution in [1.29, 1.82) is 0 Å². The van der Waals surface area contributed by atoms with Crippen molar-refractivity contribution in [1.82, 2.24) is 14.8 Å². The van der Waals surface area contributed by atoms with E-state index in [1.165, 1.54) is 11.3 Å². The van der Waals surface area contributed by atoms with Gasteiger partial charge < -0.3 is 9.47 Å². The number of amides is 1. The third kappa shape index (κ3) is 2.99. The second-order valence-corrected chi connectivity index (χ2v) is 7.00. The first-order valence-electron chi connectivity index (χ1n) is 8.34. The van der Waals surface area contributed by atoms with Crippen LogP contribution in [-0.2, 0) is 22.5 Å². The molecule has 9 heteroatoms. The number of aryl methyl sites for hydroxylation is 2. The van der Waals surface area contributed by atoms with Crippen molar-refractivity contribution in [3.05, 3.63) is 22.3 Å². The molecule has 1 aliphatic heterocycles. The Morgan fingerprint density at radius 1 is 1.52 bits per heavy atom. The highest BCUT2D eigenvalue weighted by molar-refractivity contribution is 7.16. The SMILES string of the molecule is CCOC(=O)C1CCc2sc(NC(=O)c3cc4n(n3)CCCO4)nc21. The molecule has 2 aromatic heterocycles. The van der Waals surface area contributed by atoms with Crippen molar-refractivity contribution in [2.24, 2.45) is 0 Å². The van der Waals surface area contributed by atoms with Crippen LogP contribution in [0.2, 0.25) is 0 Å². The van der Waals surface area contributed by atoms with Crippen LogP contribution in [-0.4, -0.2) is 39.9 Å². The number of esters is 1. The number of hydrogen-bond acceptors (Lipinski definition) is 7. The molecule has 4 rings (SSSR count). The molecule has 1 aliphatic carbocycles. The molecule has 1 amide bonds. The van der Waals surface area contributed by atoms with Crippen molar-refractivity contribution >= 4 is 28.3 Å². The van der Waals surface area contributed by atoms with Crippen LogP contribution in [0, 0.1) is 0 Å². The molecule has 3 heterocycles. The summed E-state index contributed by atoms with van der Waals surface area (Å²) in [5, 5.41) is 7.52. The molecule has 2 aromatic rings. The minimum Gasteiger partial charge on any atom is -0.478 e. The summed E-state index contributed by atoms with van der Waals surface area (Å²) in [5.74, 6) is -0.292. The first kappa shape index (κ1) is 16.1. The summed E-state index contributed by atoms with van der Waals surface area (Å²) in [6, 6.07) is 1.64. The standard InChI is InChI=1S/C16H18N4O4S/c1-2-23-15(22)9-4-5-11-13(9)17-16(25-11)18-14(21)10-8-12-20(19-10)6-3-7-24-12/h8-9H,2-7H2,1H3,(H,17,18,21). The number of nitrogens with zero attached hydrogens (tertiary/aromatic N) is 3. The van der Waals surface area contributed by atoms with Crippen LogP contribution in [0.4, 0.5) is 5.13 Å². The van der Waals surface area contributed by atoms with E-state index in [-0.39, 0.29) is 17.8 Å². The average Bonchev–Trinajstić information content (AvgIpc) is 3.27. The third-order valence-corrected chi connectivity index (χ3v) is 5.30. The van der Waals surface area contributed by atoms with Gasteiger partial charge in [0.25, 0.3) is 5.91 Å². The maximum absolute atomic E-state index is 12.4. The Bertz CT molecular complexity index is 805. The number of rotatable bonds is 4. The van der Waals surface area contributed by atoms with E-state index in [1.807, 2.05) is 0 Å². The fraction of sp³-hybridized carbons (Fsp3) is 0.500. The Kier molecular flexibility index (Phi) is 4.16. The lowest BCUT2D eigenvalue weighted by Gasteiger charge is -2.13. The second kappa shape index (κ2) is 6.47. The van der Waals surface area contributed by atoms with Gasteiger partial charge in [-0.2, -0.15) is 5.10 Å². The van der Waals surface area contributed by atoms with E-state index in [0.717, 1.165) is 30.0 Å². The van der Waals surface area contributed by atoms with Crippen LogP contribution in [0.25, 0.3) is 0 Å². The summed E-state index contributed by atoms with van der Waals surface area (Å²) >= 11 is 1.40. The molecule has 0 fully saturated rings. The van der Waals surface area contributed by atoms with Gasteiger partial charge in [-0.1, -0.05) is 0 Å². The third-order valence-electron chi connectivity index (χ3n) is 4.25. The van der Waals surface area contributed by atoms with Gasteiger partial charge in [-0.15, -0.1) is 11.3 Å². The molecule has 0 saturated heterocycles. The van der Waals surface area contributed by atoms with Crippen molar-refractivity contribution in [3.8, 4) is 5.88 Å². The fourth-order valence-corrected chi connectivity index (χ4v) is 4.13. The summed E-state index contributed by atoms with van der Waals surface area (Å²) in [7, 11) is 0. The van der Waals surface area contributed by atoms with E-state index >= 15 is 0 Å². The van der Waals surface area contributed by atoms with Gasteiger partial charge >= 0.3 is 5.97 Å². The molecular weight excluding hydrogens is 344 g/mol. The highest BCUT2D eigenvalue weighted by atomic mass is 32.1. The Morgan fingerprint density at radius 3 is 3.20 bits per heavy atom. The summed E-state index contributed by atoms with van der Waals surface area (Å²) < 4.78 is 12.3. The average molecular weight is 362 g/mol. The minimum atomic E-state index is -0.329. The number of carbonyl (C=O) groups excluding carboxylic acids is 2. The van der Waals surface area contributed by atoms with Gasteiger partial charge in [0.05, 0.1) is 18.9 Å². The molecule has 0 saturated carbocycles. The van der Waals surface area contributed by atoms with Crippen LogP contribution >= 0.6 is 11.3 Å². The highest BCUT2D eigenvalue weighted by Crippen LogP contribution is 2.39. The molecule has 1 unspecified atom stereocenters. The van der Waals surface area contributed by atoms with Crippen molar-refractivity contribution in [2.75, 3.05) is 18.5 Å². The van der Waals surface area contributed by atoms with Crippen molar-refractivity contribution in [2.45, 2.75) is 38.6 Å². The number of ether oxygens (including phenoxy) is 2. The summed E-state index contributed by atoms with van der Waals surface area (Å²) in [4.78, 5) is 29.9. The smallest absolute Gasteiger partial charge is 0.315 e. The van der Waals surface area contributed by atoms with Gasteiger partial charge in [0.2, 0.25) is 5.88 Å². The van der Waals surface area contributed by atoms with Crippen molar-refractivity contribution < 1.29 is 19.1 Å². The Morgan fingerprint density at radius 2 is 2.40 bits per heavy atom. The monoisotopic (exact) mass is 362 g/mol. The topological polar surface area (TPSA) is 95.3 Å². The zero-order valence-electron chi connectivity index (χ0n) is 13.8. The van der Waals surface area contributed by atoms with E-state index in [0.29, 0.717) is 36.3 Å². The number of thiazole rings is 1. The molecule has 0 spiro atoms. The van der Waals surface area contributed by atoms with Crippen LogP contribution in [0.15, 0.2) is 6.07 Å². The molecule has 8 nitrogen and oxygen atoms in total. The lowest BCUT2D eigenvalue weighted by atomic mass is 10.1. The highest BCUT2D eigenvalue weighted by Gasteiger charge is 2.34. The molecule has 0 aromatic carbocycles. The number of aromatic nitrogens is 3. The first-order chi connectivity index (χ1) is 12.2. The minimum absolute atomic E-state index is 0.247. The summed E-state index contributed by atoms with van der Waals surface area (Å²) in [6.07, 6.45) is 2.37. The molecular formula is C16H18N4O4S. The number of carbonyl (C=O) groups is 2. The predicted octanol–water partition coefficient (Wildman–Crippen LogP) is 1.97. The van der Waals surface area contributed by atoms with E-state index in [1.54, 1.807) is 17.7 Å². The number of nitrogens with one attached hydrogen (secondary N) is 1. The summed E-state index contributed by atoms with van der Waals surface area (Å²) in [6.45, 7) is 3.52. The fourth-order valence-electron chi connectivity index (χ4n) is 3.09. The quantitative estimate of drug-likeness (QED) is 0.836. The van der Waals surface area contributed by atoms with Gasteiger partial charge in [-0.05, 0) is 19.8 Å². The molecule has 0 radical (unpaired) electrons. The van der Waals surface area contributed by atoms with Gasteiger partial charge in [0.15, 0.2) is 10.8 Å². The normalized spacial score (nSPS) is 18.2. The molecule has 1 atom stereocenters. The number of fused-ring (bicyclic) bond motifs is 2. The second-order valence-electron chi connectivity index (χ2n) is 5.92. The maximum atomic E-state index is 12.4. The number of hydrogen-bond donors (Lipinski definition) is 1. The van der Waals surface area contributed by atoms with E-state index in [9.17, 15) is 9.59 Å². The lowest BCUT2D eigenvalue weighted by molar-refractivity contribution is -0.145. The van der Waals surface area contributed by atoms with Crippen LogP contribution in [0.1, 0.15) is 46.7 Å². The van der Waals surface area contributed by atoms with Crippen LogP contribution < -0.4 is 10.1 Å². The molecule has 0 bridgehead atoms. The Hall–Kier alpha value is -2.42. The lowest BCUT2D eigenvalue weighted by Crippen LogP contribution is -2.16. The van der Waals surface area contributed by atoms with Crippen LogP contribution in [0.5, 0.6) is 5.88 Å². The molecule has 2 aliphatic rings. The van der Waals surface area contributed by atoms with Gasteiger partial charge in [-0.25, -0.2) is 9.67 Å². The predicted molar refractivity (Wildman–Crippen MR) is 90.1 cm³/mol. The molecule has 132 valence electrons. The maximum Gasteiger partial charge on any atom is 0.315 e. The Labute approximate surface area is 148 Å². The largest absolute Gasteiger partial charge is 0.478 e. The van der Waals surface area contributed by atoms with Gasteiger partial charge in [-0.3, -0.25) is 14.9 Å². The zero-order chi connectivity index (χ0) is 17.4. The van der Waals surface area contributed by atoms with Gasteiger partial charge in [0, 0.05) is 23.9 Å². The molecule has 1 N–H and O–H groups in total. The molecule has 25 heavy (non-hydrogen) atoms. The Balaban J connectivity index is 1.49.